The fourth-order valence-electron chi connectivity index (χ4n) is 2.54. The van der Waals surface area contributed by atoms with Gasteiger partial charge in [0.05, 0.1) is 12.7 Å². The maximum absolute atomic E-state index is 11.2. The van der Waals surface area contributed by atoms with Gasteiger partial charge in [-0.15, -0.1) is 0 Å². The molecule has 0 amide bonds. The number of carboxylic acid groups (broad SMARTS) is 1. The molecule has 104 valence electrons. The number of anilines is 1. The summed E-state index contributed by atoms with van der Waals surface area (Å²) in [6.45, 7) is 4.09. The van der Waals surface area contributed by atoms with E-state index in [9.17, 15) is 9.90 Å². The van der Waals surface area contributed by atoms with Crippen molar-refractivity contribution < 1.29 is 14.6 Å². The van der Waals surface area contributed by atoms with Crippen LogP contribution < -0.4 is 4.90 Å². The van der Waals surface area contributed by atoms with E-state index < -0.39 is 5.97 Å². The Labute approximate surface area is 116 Å². The molecule has 2 heterocycles. The maximum atomic E-state index is 11.2. The van der Waals surface area contributed by atoms with Crippen molar-refractivity contribution in [2.24, 2.45) is 0 Å². The van der Waals surface area contributed by atoms with Crippen molar-refractivity contribution in [1.82, 2.24) is 4.98 Å². The zero-order valence-corrected chi connectivity index (χ0v) is 11.2. The van der Waals surface area contributed by atoms with Gasteiger partial charge in [-0.05, 0) is 18.4 Å². The predicted octanol–water partition coefficient (Wildman–Crippen LogP) is 2.16. The second-order valence-corrected chi connectivity index (χ2v) is 4.98. The Bertz CT molecular complexity index is 657. The number of aromatic carboxylic acids is 1. The molecule has 20 heavy (non-hydrogen) atoms. The molecule has 5 nitrogen and oxygen atoms in total. The summed E-state index contributed by atoms with van der Waals surface area (Å²) in [5.41, 5.74) is 0.0813. The van der Waals surface area contributed by atoms with Crippen LogP contribution >= 0.6 is 0 Å². The molecule has 1 fully saturated rings. The molecular weight excluding hydrogens is 256 g/mol. The number of nitrogens with zero attached hydrogens (tertiary/aromatic N) is 2. The molecule has 5 heteroatoms. The van der Waals surface area contributed by atoms with E-state index in [1.807, 2.05) is 31.2 Å². The molecule has 1 saturated heterocycles. The van der Waals surface area contributed by atoms with Crippen molar-refractivity contribution in [2.75, 3.05) is 24.6 Å². The number of rotatable bonds is 2. The van der Waals surface area contributed by atoms with Gasteiger partial charge < -0.3 is 14.7 Å². The first-order valence-corrected chi connectivity index (χ1v) is 6.65. The second kappa shape index (κ2) is 5.09. The Morgan fingerprint density at radius 1 is 1.45 bits per heavy atom. The lowest BCUT2D eigenvalue weighted by molar-refractivity contribution is 0.0530. The van der Waals surface area contributed by atoms with Gasteiger partial charge in [-0.25, -0.2) is 9.78 Å². The summed E-state index contributed by atoms with van der Waals surface area (Å²) in [5.74, 6) is -0.269. The monoisotopic (exact) mass is 272 g/mol. The van der Waals surface area contributed by atoms with Gasteiger partial charge in [0.2, 0.25) is 0 Å². The molecule has 1 aromatic heterocycles. The number of pyridine rings is 1. The molecule has 1 aliphatic heterocycles. The molecule has 3 rings (SSSR count). The largest absolute Gasteiger partial charge is 0.477 e. The van der Waals surface area contributed by atoms with Crippen LogP contribution in [-0.2, 0) is 4.74 Å². The molecular formula is C15H16N2O3. The Morgan fingerprint density at radius 2 is 2.25 bits per heavy atom. The Hall–Kier alpha value is -2.14. The van der Waals surface area contributed by atoms with Crippen molar-refractivity contribution in [2.45, 2.75) is 13.0 Å². The van der Waals surface area contributed by atoms with Crippen molar-refractivity contribution >= 4 is 22.6 Å². The number of carbonyl (C=O) groups is 1. The molecule has 0 aliphatic carbocycles. The molecule has 0 bridgehead atoms. The number of hydrogen-bond donors (Lipinski definition) is 1. The third kappa shape index (κ3) is 2.32. The molecule has 0 saturated carbocycles. The first-order valence-electron chi connectivity index (χ1n) is 6.65. The fraction of sp³-hybridized carbons (Fsp3) is 0.333. The van der Waals surface area contributed by atoms with E-state index in [0.717, 1.165) is 29.7 Å². The molecule has 1 aliphatic rings. The van der Waals surface area contributed by atoms with Crippen LogP contribution in [0.15, 0.2) is 30.3 Å². The van der Waals surface area contributed by atoms with Gasteiger partial charge in [-0.2, -0.15) is 0 Å². The number of fused-ring (bicyclic) bond motifs is 1. The Balaban J connectivity index is 2.14. The summed E-state index contributed by atoms with van der Waals surface area (Å²) < 4.78 is 5.53. The topological polar surface area (TPSA) is 62.7 Å². The van der Waals surface area contributed by atoms with Gasteiger partial charge >= 0.3 is 5.97 Å². The van der Waals surface area contributed by atoms with Crippen LogP contribution in [0.4, 0.5) is 5.82 Å². The summed E-state index contributed by atoms with van der Waals surface area (Å²) in [4.78, 5) is 17.7. The zero-order valence-electron chi connectivity index (χ0n) is 11.2. The van der Waals surface area contributed by atoms with Crippen molar-refractivity contribution in [1.29, 1.82) is 0 Å². The lowest BCUT2D eigenvalue weighted by Crippen LogP contribution is -2.41. The average Bonchev–Trinajstić information content (AvgIpc) is 2.46. The third-order valence-corrected chi connectivity index (χ3v) is 3.48. The van der Waals surface area contributed by atoms with Crippen LogP contribution in [0, 0.1) is 0 Å². The van der Waals surface area contributed by atoms with Gasteiger partial charge in [0, 0.05) is 18.5 Å². The van der Waals surface area contributed by atoms with Crippen molar-refractivity contribution in [3.63, 3.8) is 0 Å². The minimum atomic E-state index is -1.00. The van der Waals surface area contributed by atoms with E-state index in [1.54, 1.807) is 6.07 Å². The van der Waals surface area contributed by atoms with Crippen LogP contribution in [0.25, 0.3) is 10.8 Å². The first kappa shape index (κ1) is 12.9. The molecule has 1 unspecified atom stereocenters. The summed E-state index contributed by atoms with van der Waals surface area (Å²) in [7, 11) is 0. The molecule has 2 aromatic rings. The number of hydrogen-bond acceptors (Lipinski definition) is 4. The number of carboxylic acids is 1. The van der Waals surface area contributed by atoms with E-state index in [0.29, 0.717) is 6.61 Å². The lowest BCUT2D eigenvalue weighted by atomic mass is 10.1. The molecule has 1 atom stereocenters. The van der Waals surface area contributed by atoms with Crippen LogP contribution in [0.2, 0.25) is 0 Å². The highest BCUT2D eigenvalue weighted by Crippen LogP contribution is 2.27. The normalized spacial score (nSPS) is 19.2. The van der Waals surface area contributed by atoms with Gasteiger partial charge in [-0.1, -0.05) is 24.3 Å². The predicted molar refractivity (Wildman–Crippen MR) is 76.3 cm³/mol. The number of morpholine rings is 1. The van der Waals surface area contributed by atoms with Gasteiger partial charge in [-0.3, -0.25) is 0 Å². The van der Waals surface area contributed by atoms with E-state index in [-0.39, 0.29) is 11.8 Å². The zero-order chi connectivity index (χ0) is 14.1. The number of benzene rings is 1. The van der Waals surface area contributed by atoms with E-state index >= 15 is 0 Å². The minimum Gasteiger partial charge on any atom is -0.477 e. The second-order valence-electron chi connectivity index (χ2n) is 4.98. The standard InChI is InChI=1S/C15H16N2O3/c1-10-9-17(6-7-20-10)14-12-5-3-2-4-11(12)8-13(16-14)15(18)19/h2-5,8,10H,6-7,9H2,1H3,(H,18,19). The Kier molecular flexibility index (Phi) is 3.28. The van der Waals surface area contributed by atoms with Crippen molar-refractivity contribution in [3.05, 3.63) is 36.0 Å². The third-order valence-electron chi connectivity index (χ3n) is 3.48. The van der Waals surface area contributed by atoms with Crippen LogP contribution in [-0.4, -0.2) is 41.9 Å². The van der Waals surface area contributed by atoms with Gasteiger partial charge in [0.25, 0.3) is 0 Å². The first-order chi connectivity index (χ1) is 9.65. The van der Waals surface area contributed by atoms with Crippen molar-refractivity contribution in [3.8, 4) is 0 Å². The quantitative estimate of drug-likeness (QED) is 0.907. The molecule has 0 spiro atoms. The van der Waals surface area contributed by atoms with Crippen LogP contribution in [0.3, 0.4) is 0 Å². The van der Waals surface area contributed by atoms with E-state index in [1.165, 1.54) is 0 Å². The number of ether oxygens (including phenoxy) is 1. The average molecular weight is 272 g/mol. The fourth-order valence-corrected chi connectivity index (χ4v) is 2.54. The van der Waals surface area contributed by atoms with Crippen LogP contribution in [0.1, 0.15) is 17.4 Å². The summed E-state index contributed by atoms with van der Waals surface area (Å²) in [6, 6.07) is 9.35. The minimum absolute atomic E-state index is 0.0813. The van der Waals surface area contributed by atoms with Crippen LogP contribution in [0.5, 0.6) is 0 Å². The molecule has 1 aromatic carbocycles. The smallest absolute Gasteiger partial charge is 0.354 e. The summed E-state index contributed by atoms with van der Waals surface area (Å²) >= 11 is 0. The SMILES string of the molecule is CC1CN(c2nc(C(=O)O)cc3ccccc23)CCO1. The lowest BCUT2D eigenvalue weighted by Gasteiger charge is -2.32. The summed E-state index contributed by atoms with van der Waals surface area (Å²) in [6.07, 6.45) is 0.123. The highest BCUT2D eigenvalue weighted by molar-refractivity contribution is 5.98. The summed E-state index contributed by atoms with van der Waals surface area (Å²) in [5, 5.41) is 11.1. The van der Waals surface area contributed by atoms with E-state index in [2.05, 4.69) is 9.88 Å². The van der Waals surface area contributed by atoms with E-state index in [4.69, 9.17) is 4.74 Å². The highest BCUT2D eigenvalue weighted by Gasteiger charge is 2.21. The van der Waals surface area contributed by atoms with Gasteiger partial charge in [0.1, 0.15) is 5.82 Å². The molecule has 0 radical (unpaired) electrons. The maximum Gasteiger partial charge on any atom is 0.354 e. The Morgan fingerprint density at radius 3 is 3.00 bits per heavy atom. The van der Waals surface area contributed by atoms with Gasteiger partial charge in [0.15, 0.2) is 5.69 Å². The highest BCUT2D eigenvalue weighted by atomic mass is 16.5. The number of aromatic nitrogens is 1. The molecule has 1 N–H and O–H groups in total.